The van der Waals surface area contributed by atoms with Crippen LogP contribution in [-0.4, -0.2) is 14.3 Å². The van der Waals surface area contributed by atoms with Crippen LogP contribution in [0.25, 0.3) is 0 Å². The van der Waals surface area contributed by atoms with E-state index >= 15 is 0 Å². The highest BCUT2D eigenvalue weighted by molar-refractivity contribution is 7.94. The molecule has 0 saturated carbocycles. The molecule has 4 N–H and O–H groups in total. The van der Waals surface area contributed by atoms with Gasteiger partial charge in [0.1, 0.15) is 4.21 Å². The Kier molecular flexibility index (Phi) is 4.52. The fraction of sp³-hybridized carbons (Fsp3) is 0.0833. The molecule has 9 heteroatoms. The number of carbonyl (C=O) groups is 1. The molecule has 0 fully saturated rings. The van der Waals surface area contributed by atoms with E-state index in [1.165, 1.54) is 18.2 Å². The molecular weight excluding hydrogens is 334 g/mol. The number of nitrogens with one attached hydrogen (secondary N) is 2. The molecule has 0 radical (unpaired) electrons. The highest BCUT2D eigenvalue weighted by atomic mass is 35.5. The first-order valence-electron chi connectivity index (χ1n) is 5.74. The van der Waals surface area contributed by atoms with Crippen molar-refractivity contribution in [3.63, 3.8) is 0 Å². The van der Waals surface area contributed by atoms with E-state index in [1.807, 2.05) is 5.43 Å². The molecule has 0 aliphatic rings. The van der Waals surface area contributed by atoms with Crippen molar-refractivity contribution in [3.05, 3.63) is 45.8 Å². The van der Waals surface area contributed by atoms with Gasteiger partial charge >= 0.3 is 0 Å². The second kappa shape index (κ2) is 6.02. The van der Waals surface area contributed by atoms with Crippen molar-refractivity contribution in [2.75, 3.05) is 4.72 Å². The lowest BCUT2D eigenvalue weighted by molar-refractivity contribution is 0.0954. The Labute approximate surface area is 130 Å². The van der Waals surface area contributed by atoms with Gasteiger partial charge in [0.2, 0.25) is 0 Å². The van der Waals surface area contributed by atoms with E-state index in [0.717, 1.165) is 11.3 Å². The molecule has 0 bridgehead atoms. The van der Waals surface area contributed by atoms with Crippen molar-refractivity contribution < 1.29 is 13.2 Å². The summed E-state index contributed by atoms with van der Waals surface area (Å²) in [4.78, 5) is 11.7. The van der Waals surface area contributed by atoms with E-state index in [0.29, 0.717) is 9.90 Å². The number of nitrogens with two attached hydrogens (primary N) is 1. The number of carbonyl (C=O) groups excluding carboxylic acids is 1. The van der Waals surface area contributed by atoms with Gasteiger partial charge < -0.3 is 0 Å². The minimum Gasteiger partial charge on any atom is -0.290 e. The number of sulfonamides is 1. The number of halogens is 1. The van der Waals surface area contributed by atoms with Gasteiger partial charge in [-0.05, 0) is 30.7 Å². The fourth-order valence-corrected chi connectivity index (χ4v) is 4.33. The number of benzene rings is 1. The molecule has 1 aromatic heterocycles. The first kappa shape index (κ1) is 15.8. The summed E-state index contributed by atoms with van der Waals surface area (Å²) in [5, 5.41) is 0. The number of thiophene rings is 1. The number of amides is 1. The minimum atomic E-state index is -3.82. The van der Waals surface area contributed by atoms with Gasteiger partial charge in [-0.2, -0.15) is 0 Å². The van der Waals surface area contributed by atoms with Crippen molar-refractivity contribution in [1.82, 2.24) is 5.43 Å². The minimum absolute atomic E-state index is 0.0647. The monoisotopic (exact) mass is 345 g/mol. The summed E-state index contributed by atoms with van der Waals surface area (Å²) >= 11 is 6.68. The molecule has 1 aromatic carbocycles. The van der Waals surface area contributed by atoms with Gasteiger partial charge in [0.25, 0.3) is 15.9 Å². The first-order valence-corrected chi connectivity index (χ1v) is 8.41. The van der Waals surface area contributed by atoms with Gasteiger partial charge in [-0.25, -0.2) is 14.3 Å². The molecule has 21 heavy (non-hydrogen) atoms. The molecule has 0 spiro atoms. The van der Waals surface area contributed by atoms with E-state index in [-0.39, 0.29) is 15.5 Å². The third kappa shape index (κ3) is 3.35. The molecule has 0 aliphatic heterocycles. The average molecular weight is 346 g/mol. The normalized spacial score (nSPS) is 11.2. The quantitative estimate of drug-likeness (QED) is 0.448. The highest BCUT2D eigenvalue weighted by Gasteiger charge is 2.21. The number of para-hydroxylation sites is 1. The standard InChI is InChI=1S/C12H12ClN3O3S2/c1-7-3-2-4-8(12(17)15-14)11(7)16-21(18,19)10-6-5-9(13)20-10/h2-6,16H,14H2,1H3,(H,15,17). The third-order valence-electron chi connectivity index (χ3n) is 2.70. The van der Waals surface area contributed by atoms with Crippen LogP contribution in [0.15, 0.2) is 34.5 Å². The van der Waals surface area contributed by atoms with Crippen LogP contribution in [0, 0.1) is 6.92 Å². The zero-order valence-corrected chi connectivity index (χ0v) is 13.3. The Balaban J connectivity index is 2.46. The largest absolute Gasteiger partial charge is 0.290 e. The summed E-state index contributed by atoms with van der Waals surface area (Å²) < 4.78 is 27.4. The van der Waals surface area contributed by atoms with Crippen LogP contribution >= 0.6 is 22.9 Å². The summed E-state index contributed by atoms with van der Waals surface area (Å²) in [5.74, 6) is 4.53. The Morgan fingerprint density at radius 2 is 2.00 bits per heavy atom. The maximum Gasteiger partial charge on any atom is 0.271 e. The molecule has 1 amide bonds. The molecule has 2 aromatic rings. The van der Waals surface area contributed by atoms with Crippen LogP contribution in [0.4, 0.5) is 5.69 Å². The van der Waals surface area contributed by atoms with Gasteiger partial charge in [-0.3, -0.25) is 14.9 Å². The van der Waals surface area contributed by atoms with E-state index in [1.54, 1.807) is 19.1 Å². The summed E-state index contributed by atoms with van der Waals surface area (Å²) in [6, 6.07) is 7.70. The van der Waals surface area contributed by atoms with Gasteiger partial charge in [0.05, 0.1) is 15.6 Å². The molecule has 112 valence electrons. The Morgan fingerprint density at radius 3 is 2.57 bits per heavy atom. The first-order chi connectivity index (χ1) is 9.85. The van der Waals surface area contributed by atoms with Crippen molar-refractivity contribution >= 4 is 44.6 Å². The maximum atomic E-state index is 12.3. The van der Waals surface area contributed by atoms with E-state index < -0.39 is 15.9 Å². The summed E-state index contributed by atoms with van der Waals surface area (Å²) in [6.07, 6.45) is 0. The predicted molar refractivity (Wildman–Crippen MR) is 83.0 cm³/mol. The molecule has 1 heterocycles. The summed E-state index contributed by atoms with van der Waals surface area (Å²) in [7, 11) is -3.82. The lowest BCUT2D eigenvalue weighted by atomic mass is 10.1. The van der Waals surface area contributed by atoms with E-state index in [4.69, 9.17) is 17.4 Å². The van der Waals surface area contributed by atoms with Crippen LogP contribution in [0.2, 0.25) is 4.34 Å². The van der Waals surface area contributed by atoms with Gasteiger partial charge in [-0.1, -0.05) is 23.7 Å². The maximum absolute atomic E-state index is 12.3. The smallest absolute Gasteiger partial charge is 0.271 e. The number of nitrogen functional groups attached to an aromatic ring is 1. The lowest BCUT2D eigenvalue weighted by Gasteiger charge is -2.13. The molecule has 0 aliphatic carbocycles. The number of hydrogen-bond acceptors (Lipinski definition) is 5. The Hall–Kier alpha value is -1.61. The Bertz CT molecular complexity index is 787. The molecular formula is C12H12ClN3O3S2. The number of rotatable bonds is 4. The van der Waals surface area contributed by atoms with Gasteiger partial charge in [0, 0.05) is 0 Å². The zero-order valence-electron chi connectivity index (χ0n) is 10.9. The molecule has 0 atom stereocenters. The van der Waals surface area contributed by atoms with Crippen molar-refractivity contribution in [2.45, 2.75) is 11.1 Å². The number of hydrazine groups is 1. The Morgan fingerprint density at radius 1 is 1.29 bits per heavy atom. The molecule has 0 unspecified atom stereocenters. The average Bonchev–Trinajstić information content (AvgIpc) is 2.87. The fourth-order valence-electron chi connectivity index (χ4n) is 1.70. The molecule has 2 rings (SSSR count). The SMILES string of the molecule is Cc1cccc(C(=O)NN)c1NS(=O)(=O)c1ccc(Cl)s1. The summed E-state index contributed by atoms with van der Waals surface area (Å²) in [5.41, 5.74) is 2.91. The van der Waals surface area contributed by atoms with E-state index in [2.05, 4.69) is 4.72 Å². The van der Waals surface area contributed by atoms with Gasteiger partial charge in [0.15, 0.2) is 0 Å². The van der Waals surface area contributed by atoms with Crippen LogP contribution < -0.4 is 16.0 Å². The van der Waals surface area contributed by atoms with Crippen molar-refractivity contribution in [3.8, 4) is 0 Å². The van der Waals surface area contributed by atoms with Crippen LogP contribution in [-0.2, 0) is 10.0 Å². The van der Waals surface area contributed by atoms with Crippen LogP contribution in [0.5, 0.6) is 0 Å². The van der Waals surface area contributed by atoms with Crippen molar-refractivity contribution in [2.24, 2.45) is 5.84 Å². The number of aryl methyl sites for hydroxylation is 1. The highest BCUT2D eigenvalue weighted by Crippen LogP contribution is 2.29. The van der Waals surface area contributed by atoms with E-state index in [9.17, 15) is 13.2 Å². The van der Waals surface area contributed by atoms with Crippen molar-refractivity contribution in [1.29, 1.82) is 0 Å². The summed E-state index contributed by atoms with van der Waals surface area (Å²) in [6.45, 7) is 1.69. The lowest BCUT2D eigenvalue weighted by Crippen LogP contribution is -2.31. The molecule has 6 nitrogen and oxygen atoms in total. The second-order valence-corrected chi connectivity index (χ2v) is 7.76. The predicted octanol–water partition coefficient (Wildman–Crippen LogP) is 2.11. The zero-order chi connectivity index (χ0) is 15.6. The van der Waals surface area contributed by atoms with Crippen LogP contribution in [0.1, 0.15) is 15.9 Å². The number of hydrogen-bond donors (Lipinski definition) is 3. The topological polar surface area (TPSA) is 101 Å². The van der Waals surface area contributed by atoms with Gasteiger partial charge in [-0.15, -0.1) is 11.3 Å². The third-order valence-corrected chi connectivity index (χ3v) is 5.77. The van der Waals surface area contributed by atoms with Crippen LogP contribution in [0.3, 0.4) is 0 Å². The number of anilines is 1. The molecule has 0 saturated heterocycles. The second-order valence-electron chi connectivity index (χ2n) is 4.13.